The molecule has 21 heavy (non-hydrogen) atoms. The normalized spacial score (nSPS) is 24.8. The lowest BCUT2D eigenvalue weighted by Crippen LogP contribution is -2.52. The fourth-order valence-corrected chi connectivity index (χ4v) is 4.79. The number of rotatable bonds is 6. The molecule has 1 N–H and O–H groups in total. The Morgan fingerprint density at radius 3 is 2.33 bits per heavy atom. The topological polar surface area (TPSA) is 12.0 Å². The van der Waals surface area contributed by atoms with Gasteiger partial charge in [0.15, 0.2) is 0 Å². The maximum Gasteiger partial charge on any atom is 0.0189 e. The first-order valence-electron chi connectivity index (χ1n) is 8.90. The van der Waals surface area contributed by atoms with E-state index in [4.69, 9.17) is 0 Å². The van der Waals surface area contributed by atoms with Gasteiger partial charge in [0, 0.05) is 11.5 Å². The van der Waals surface area contributed by atoms with Gasteiger partial charge in [-0.15, -0.1) is 0 Å². The smallest absolute Gasteiger partial charge is 0.0189 e. The fraction of sp³-hybridized carbons (Fsp3) is 0.700. The first kappa shape index (κ1) is 16.5. The lowest BCUT2D eigenvalue weighted by molar-refractivity contribution is 0.150. The Bertz CT molecular complexity index is 407. The first-order valence-corrected chi connectivity index (χ1v) is 8.90. The van der Waals surface area contributed by atoms with E-state index < -0.39 is 0 Å². The van der Waals surface area contributed by atoms with Crippen molar-refractivity contribution in [1.82, 2.24) is 5.32 Å². The van der Waals surface area contributed by atoms with Gasteiger partial charge in [0.2, 0.25) is 0 Å². The van der Waals surface area contributed by atoms with Gasteiger partial charge in [0.05, 0.1) is 0 Å². The van der Waals surface area contributed by atoms with Crippen molar-refractivity contribution in [3.8, 4) is 0 Å². The van der Waals surface area contributed by atoms with E-state index >= 15 is 0 Å². The summed E-state index contributed by atoms with van der Waals surface area (Å²) in [6.07, 6.45) is 8.03. The molecule has 0 saturated heterocycles. The van der Waals surface area contributed by atoms with Crippen molar-refractivity contribution in [2.45, 2.75) is 70.8 Å². The van der Waals surface area contributed by atoms with Gasteiger partial charge in [-0.2, -0.15) is 0 Å². The molecule has 0 bridgehead atoms. The fourth-order valence-electron chi connectivity index (χ4n) is 4.79. The summed E-state index contributed by atoms with van der Waals surface area (Å²) in [6.45, 7) is 7.17. The molecule has 3 atom stereocenters. The van der Waals surface area contributed by atoms with Crippen LogP contribution in [0.4, 0.5) is 0 Å². The molecule has 1 aliphatic carbocycles. The predicted molar refractivity (Wildman–Crippen MR) is 92.7 cm³/mol. The van der Waals surface area contributed by atoms with Gasteiger partial charge in [-0.05, 0) is 50.1 Å². The Morgan fingerprint density at radius 1 is 1.14 bits per heavy atom. The monoisotopic (exact) mass is 287 g/mol. The van der Waals surface area contributed by atoms with Crippen LogP contribution in [0.15, 0.2) is 30.3 Å². The number of hydrogen-bond acceptors (Lipinski definition) is 1. The highest BCUT2D eigenvalue weighted by Gasteiger charge is 2.41. The van der Waals surface area contributed by atoms with Gasteiger partial charge in [0.25, 0.3) is 0 Å². The molecule has 0 aliphatic heterocycles. The zero-order valence-corrected chi connectivity index (χ0v) is 14.4. The van der Waals surface area contributed by atoms with Gasteiger partial charge in [-0.3, -0.25) is 0 Å². The predicted octanol–water partition coefficient (Wildman–Crippen LogP) is 5.16. The molecule has 0 amide bonds. The summed E-state index contributed by atoms with van der Waals surface area (Å²) in [7, 11) is 2.17. The van der Waals surface area contributed by atoms with E-state index in [2.05, 4.69) is 63.5 Å². The molecule has 1 nitrogen and oxygen atoms in total. The Morgan fingerprint density at radius 2 is 1.81 bits per heavy atom. The molecule has 2 rings (SSSR count). The second-order valence-electron chi connectivity index (χ2n) is 7.03. The van der Waals surface area contributed by atoms with Crippen LogP contribution in [0, 0.1) is 11.8 Å². The maximum atomic E-state index is 3.73. The summed E-state index contributed by atoms with van der Waals surface area (Å²) >= 11 is 0. The Balaban J connectivity index is 2.34. The van der Waals surface area contributed by atoms with E-state index in [-0.39, 0.29) is 5.41 Å². The molecule has 0 radical (unpaired) electrons. The van der Waals surface area contributed by atoms with E-state index in [1.807, 2.05) is 0 Å². The molecule has 0 spiro atoms. The van der Waals surface area contributed by atoms with Crippen molar-refractivity contribution in [2.24, 2.45) is 11.8 Å². The summed E-state index contributed by atoms with van der Waals surface area (Å²) in [6, 6.07) is 11.8. The minimum atomic E-state index is 0.276. The largest absolute Gasteiger partial charge is 0.316 e. The molecule has 0 heterocycles. The van der Waals surface area contributed by atoms with Crippen LogP contribution in [-0.2, 0) is 5.41 Å². The quantitative estimate of drug-likeness (QED) is 0.762. The first-order chi connectivity index (χ1) is 10.2. The highest BCUT2D eigenvalue weighted by molar-refractivity contribution is 5.28. The third-order valence-electron chi connectivity index (χ3n) is 5.97. The van der Waals surface area contributed by atoms with Crippen LogP contribution in [0.3, 0.4) is 0 Å². The van der Waals surface area contributed by atoms with Gasteiger partial charge in [-0.1, -0.05) is 63.9 Å². The number of hydrogen-bond donors (Lipinski definition) is 1. The Kier molecular flexibility index (Phi) is 5.87. The molecule has 1 heteroatoms. The van der Waals surface area contributed by atoms with Crippen molar-refractivity contribution in [2.75, 3.05) is 7.05 Å². The lowest BCUT2D eigenvalue weighted by Gasteiger charge is -2.46. The zero-order valence-electron chi connectivity index (χ0n) is 14.4. The summed E-state index contributed by atoms with van der Waals surface area (Å²) in [4.78, 5) is 0. The zero-order chi connectivity index (χ0) is 15.3. The van der Waals surface area contributed by atoms with Crippen molar-refractivity contribution in [1.29, 1.82) is 0 Å². The van der Waals surface area contributed by atoms with Crippen LogP contribution in [0.5, 0.6) is 0 Å². The van der Waals surface area contributed by atoms with Gasteiger partial charge in [0.1, 0.15) is 0 Å². The van der Waals surface area contributed by atoms with Gasteiger partial charge >= 0.3 is 0 Å². The molecule has 1 fully saturated rings. The molecule has 3 unspecified atom stereocenters. The third kappa shape index (κ3) is 3.34. The number of nitrogens with one attached hydrogen (secondary N) is 1. The summed E-state index contributed by atoms with van der Waals surface area (Å²) in [5.74, 6) is 1.71. The minimum Gasteiger partial charge on any atom is -0.316 e. The van der Waals surface area contributed by atoms with E-state index in [9.17, 15) is 0 Å². The molecule has 0 aromatic heterocycles. The highest BCUT2D eigenvalue weighted by Crippen LogP contribution is 2.43. The average molecular weight is 287 g/mol. The van der Waals surface area contributed by atoms with Crippen molar-refractivity contribution < 1.29 is 0 Å². The van der Waals surface area contributed by atoms with Crippen LogP contribution in [0.25, 0.3) is 0 Å². The maximum absolute atomic E-state index is 3.73. The molecule has 1 aromatic carbocycles. The molecular formula is C20H33N. The second-order valence-corrected chi connectivity index (χ2v) is 7.03. The molecule has 1 saturated carbocycles. The van der Waals surface area contributed by atoms with Crippen LogP contribution < -0.4 is 5.32 Å². The summed E-state index contributed by atoms with van der Waals surface area (Å²) < 4.78 is 0. The average Bonchev–Trinajstić information content (AvgIpc) is 2.53. The van der Waals surface area contributed by atoms with Gasteiger partial charge in [-0.25, -0.2) is 0 Å². The van der Waals surface area contributed by atoms with Crippen molar-refractivity contribution in [3.05, 3.63) is 35.9 Å². The lowest BCUT2D eigenvalue weighted by atomic mass is 9.63. The van der Waals surface area contributed by atoms with Crippen LogP contribution in [0.2, 0.25) is 0 Å². The standard InChI is InChI=1S/C20H33N/c1-5-20(6-2,18-13-8-7-9-14-18)19(21-4)17-12-10-11-16(3)15-17/h7-9,13-14,16-17,19,21H,5-6,10-12,15H2,1-4H3. The van der Waals surface area contributed by atoms with Crippen molar-refractivity contribution >= 4 is 0 Å². The van der Waals surface area contributed by atoms with Gasteiger partial charge < -0.3 is 5.32 Å². The van der Waals surface area contributed by atoms with Crippen LogP contribution >= 0.6 is 0 Å². The molecule has 1 aliphatic rings. The highest BCUT2D eigenvalue weighted by atomic mass is 14.9. The second kappa shape index (κ2) is 7.45. The van der Waals surface area contributed by atoms with Crippen molar-refractivity contribution in [3.63, 3.8) is 0 Å². The summed E-state index contributed by atoms with van der Waals surface area (Å²) in [5, 5.41) is 3.73. The van der Waals surface area contributed by atoms with E-state index in [1.54, 1.807) is 0 Å². The molecular weight excluding hydrogens is 254 g/mol. The summed E-state index contributed by atoms with van der Waals surface area (Å²) in [5.41, 5.74) is 1.80. The number of likely N-dealkylation sites (N-methyl/N-ethyl adjacent to an activating group) is 1. The van der Waals surface area contributed by atoms with E-state index in [0.29, 0.717) is 6.04 Å². The molecule has 1 aromatic rings. The molecule has 118 valence electrons. The Hall–Kier alpha value is -0.820. The van der Waals surface area contributed by atoms with E-state index in [1.165, 1.54) is 44.1 Å². The Labute approximate surface area is 131 Å². The van der Waals surface area contributed by atoms with Crippen LogP contribution in [0.1, 0.15) is 64.9 Å². The number of benzene rings is 1. The third-order valence-corrected chi connectivity index (χ3v) is 5.97. The SMILES string of the molecule is CCC(CC)(c1ccccc1)C(NC)C1CCCC(C)C1. The van der Waals surface area contributed by atoms with E-state index in [0.717, 1.165) is 11.8 Å². The van der Waals surface area contributed by atoms with Crippen LogP contribution in [-0.4, -0.2) is 13.1 Å². The minimum absolute atomic E-state index is 0.276.